The molecule has 0 saturated heterocycles. The molecule has 0 amide bonds. The van der Waals surface area contributed by atoms with E-state index in [9.17, 15) is 0 Å². The van der Waals surface area contributed by atoms with Crippen LogP contribution in [-0.4, -0.2) is 21.3 Å². The maximum atomic E-state index is 8.78. The van der Waals surface area contributed by atoms with Crippen LogP contribution in [-0.2, 0) is 0 Å². The summed E-state index contributed by atoms with van der Waals surface area (Å²) in [5, 5.41) is 8.78. The summed E-state index contributed by atoms with van der Waals surface area (Å²) in [6, 6.07) is 0.308. The van der Waals surface area contributed by atoms with Crippen LogP contribution < -0.4 is 5.73 Å². The van der Waals surface area contributed by atoms with Gasteiger partial charge in [0, 0.05) is 12.2 Å². The fourth-order valence-electron chi connectivity index (χ4n) is 1.21. The Balaban J connectivity index is 2.12. The number of rotatable bonds is 3. The van der Waals surface area contributed by atoms with Gasteiger partial charge >= 0.3 is 0 Å². The average molecular weight is 167 g/mol. The van der Waals surface area contributed by atoms with Crippen molar-refractivity contribution in [3.63, 3.8) is 0 Å². The molecule has 2 rings (SSSR count). The van der Waals surface area contributed by atoms with Crippen LogP contribution in [0.2, 0.25) is 0 Å². The van der Waals surface area contributed by atoms with Gasteiger partial charge in [0.25, 0.3) is 0 Å². The molecule has 3 N–H and O–H groups in total. The third-order valence-corrected chi connectivity index (χ3v) is 2.17. The molecule has 4 heteroatoms. The second-order valence-electron chi connectivity index (χ2n) is 3.27. The van der Waals surface area contributed by atoms with E-state index in [0.717, 1.165) is 5.69 Å². The lowest BCUT2D eigenvalue weighted by molar-refractivity contribution is 0.266. The smallest absolute Gasteiger partial charge is 0.0952 e. The summed E-state index contributed by atoms with van der Waals surface area (Å²) in [6.07, 6.45) is 6.20. The molecule has 0 radical (unpaired) electrons. The van der Waals surface area contributed by atoms with Crippen molar-refractivity contribution < 1.29 is 5.11 Å². The van der Waals surface area contributed by atoms with Crippen molar-refractivity contribution in [1.82, 2.24) is 9.55 Å². The van der Waals surface area contributed by atoms with E-state index < -0.39 is 0 Å². The zero-order valence-corrected chi connectivity index (χ0v) is 6.85. The molecular weight excluding hydrogens is 154 g/mol. The highest BCUT2D eigenvalue weighted by atomic mass is 16.3. The van der Waals surface area contributed by atoms with Gasteiger partial charge in [-0.3, -0.25) is 0 Å². The van der Waals surface area contributed by atoms with Gasteiger partial charge < -0.3 is 15.4 Å². The van der Waals surface area contributed by atoms with Crippen LogP contribution in [0.5, 0.6) is 0 Å². The first kappa shape index (κ1) is 7.76. The monoisotopic (exact) mass is 167 g/mol. The normalized spacial score (nSPS) is 19.5. The van der Waals surface area contributed by atoms with Crippen molar-refractivity contribution in [3.8, 4) is 0 Å². The van der Waals surface area contributed by atoms with Crippen molar-refractivity contribution in [2.75, 3.05) is 6.61 Å². The topological polar surface area (TPSA) is 64.1 Å². The summed E-state index contributed by atoms with van der Waals surface area (Å²) in [5.41, 5.74) is 6.38. The second-order valence-corrected chi connectivity index (χ2v) is 3.27. The van der Waals surface area contributed by atoms with Gasteiger partial charge in [-0.05, 0) is 12.8 Å². The molecule has 0 aromatic carbocycles. The summed E-state index contributed by atoms with van der Waals surface area (Å²) >= 11 is 0. The fourth-order valence-corrected chi connectivity index (χ4v) is 1.21. The average Bonchev–Trinajstić information content (AvgIpc) is 2.83. The predicted molar refractivity (Wildman–Crippen MR) is 44.5 cm³/mol. The molecule has 66 valence electrons. The summed E-state index contributed by atoms with van der Waals surface area (Å²) < 4.78 is 2.07. The van der Waals surface area contributed by atoms with Gasteiger partial charge in [-0.2, -0.15) is 0 Å². The standard InChI is InChI=1S/C8H13N3O/c9-7(4-12)8-3-11(5-10-8)6-1-2-6/h3,5-7,12H,1-2,4,9H2. The molecule has 0 spiro atoms. The van der Waals surface area contributed by atoms with Crippen molar-refractivity contribution in [2.24, 2.45) is 5.73 Å². The van der Waals surface area contributed by atoms with Crippen molar-refractivity contribution >= 4 is 0 Å². The molecular formula is C8H13N3O. The number of nitrogens with zero attached hydrogens (tertiary/aromatic N) is 2. The Kier molecular flexibility index (Phi) is 1.86. The fraction of sp³-hybridized carbons (Fsp3) is 0.625. The van der Waals surface area contributed by atoms with E-state index >= 15 is 0 Å². The predicted octanol–water partition coefficient (Wildman–Crippen LogP) is 0.210. The van der Waals surface area contributed by atoms with Gasteiger partial charge in [0.2, 0.25) is 0 Å². The minimum Gasteiger partial charge on any atom is -0.394 e. The highest BCUT2D eigenvalue weighted by Crippen LogP contribution is 2.34. The molecule has 1 saturated carbocycles. The molecule has 0 bridgehead atoms. The van der Waals surface area contributed by atoms with E-state index in [1.54, 1.807) is 6.33 Å². The Morgan fingerprint density at radius 2 is 2.50 bits per heavy atom. The van der Waals surface area contributed by atoms with E-state index in [1.807, 2.05) is 6.20 Å². The molecule has 4 nitrogen and oxygen atoms in total. The van der Waals surface area contributed by atoms with Crippen LogP contribution in [0.3, 0.4) is 0 Å². The Labute approximate surface area is 71.0 Å². The number of imidazole rings is 1. The highest BCUT2D eigenvalue weighted by molar-refractivity contribution is 5.05. The van der Waals surface area contributed by atoms with Crippen LogP contribution in [0, 0.1) is 0 Å². The minimum atomic E-state index is -0.329. The minimum absolute atomic E-state index is 0.0400. The van der Waals surface area contributed by atoms with Gasteiger partial charge in [-0.1, -0.05) is 0 Å². The Morgan fingerprint density at radius 3 is 3.08 bits per heavy atom. The third-order valence-electron chi connectivity index (χ3n) is 2.17. The number of nitrogens with two attached hydrogens (primary N) is 1. The van der Waals surface area contributed by atoms with Crippen LogP contribution in [0.4, 0.5) is 0 Å². The molecule has 1 unspecified atom stereocenters. The number of hydrogen-bond acceptors (Lipinski definition) is 3. The van der Waals surface area contributed by atoms with Gasteiger partial charge in [0.15, 0.2) is 0 Å². The van der Waals surface area contributed by atoms with Crippen LogP contribution in [0.15, 0.2) is 12.5 Å². The summed E-state index contributed by atoms with van der Waals surface area (Å²) in [5.74, 6) is 0. The SMILES string of the molecule is NC(CO)c1cn(C2CC2)cn1. The van der Waals surface area contributed by atoms with Gasteiger partial charge in [-0.25, -0.2) is 4.98 Å². The molecule has 1 aliphatic carbocycles. The molecule has 1 atom stereocenters. The van der Waals surface area contributed by atoms with Crippen LogP contribution >= 0.6 is 0 Å². The van der Waals surface area contributed by atoms with E-state index in [0.29, 0.717) is 6.04 Å². The quantitative estimate of drug-likeness (QED) is 0.676. The largest absolute Gasteiger partial charge is 0.394 e. The van der Waals surface area contributed by atoms with E-state index in [2.05, 4.69) is 9.55 Å². The van der Waals surface area contributed by atoms with Gasteiger partial charge in [-0.15, -0.1) is 0 Å². The molecule has 12 heavy (non-hydrogen) atoms. The lowest BCUT2D eigenvalue weighted by atomic mass is 10.2. The van der Waals surface area contributed by atoms with E-state index in [1.165, 1.54) is 12.8 Å². The zero-order chi connectivity index (χ0) is 8.55. The molecule has 1 aromatic heterocycles. The van der Waals surface area contributed by atoms with E-state index in [-0.39, 0.29) is 12.6 Å². The lowest BCUT2D eigenvalue weighted by Crippen LogP contribution is -2.14. The Morgan fingerprint density at radius 1 is 1.75 bits per heavy atom. The van der Waals surface area contributed by atoms with E-state index in [4.69, 9.17) is 10.8 Å². The summed E-state index contributed by atoms with van der Waals surface area (Å²) in [4.78, 5) is 4.13. The molecule has 1 aliphatic rings. The molecule has 1 heterocycles. The first-order valence-electron chi connectivity index (χ1n) is 4.21. The van der Waals surface area contributed by atoms with Gasteiger partial charge in [0.05, 0.1) is 24.7 Å². The zero-order valence-electron chi connectivity index (χ0n) is 6.85. The van der Waals surface area contributed by atoms with Crippen molar-refractivity contribution in [2.45, 2.75) is 24.9 Å². The highest BCUT2D eigenvalue weighted by Gasteiger charge is 2.23. The molecule has 1 fully saturated rings. The Hall–Kier alpha value is -0.870. The maximum absolute atomic E-state index is 8.78. The first-order valence-corrected chi connectivity index (χ1v) is 4.21. The first-order chi connectivity index (χ1) is 5.81. The Bertz CT molecular complexity index is 267. The molecule has 0 aliphatic heterocycles. The summed E-state index contributed by atoms with van der Waals surface area (Å²) in [7, 11) is 0. The maximum Gasteiger partial charge on any atom is 0.0952 e. The second kappa shape index (κ2) is 2.88. The third kappa shape index (κ3) is 1.35. The van der Waals surface area contributed by atoms with Crippen LogP contribution in [0.1, 0.15) is 30.6 Å². The van der Waals surface area contributed by atoms with Gasteiger partial charge in [0.1, 0.15) is 0 Å². The molecule has 1 aromatic rings. The van der Waals surface area contributed by atoms with Crippen molar-refractivity contribution in [1.29, 1.82) is 0 Å². The van der Waals surface area contributed by atoms with Crippen molar-refractivity contribution in [3.05, 3.63) is 18.2 Å². The number of aliphatic hydroxyl groups excluding tert-OH is 1. The lowest BCUT2D eigenvalue weighted by Gasteiger charge is -2.02. The number of aliphatic hydroxyl groups is 1. The number of aromatic nitrogens is 2. The summed E-state index contributed by atoms with van der Waals surface area (Å²) in [6.45, 7) is -0.0400. The van der Waals surface area contributed by atoms with Crippen LogP contribution in [0.25, 0.3) is 0 Å². The number of hydrogen-bond donors (Lipinski definition) is 2.